The standard InChI is InChI=1S/C11H23N5O2S/c1-2-5-12-6-3-4-11-19(17,18)14-8-10-16-9-7-13-15-16/h7,9,12,14H,2-6,8,10-11H2,1H3. The van der Waals surface area contributed by atoms with Crippen molar-refractivity contribution in [3.8, 4) is 0 Å². The van der Waals surface area contributed by atoms with E-state index in [2.05, 4.69) is 27.3 Å². The molecule has 0 aliphatic heterocycles. The van der Waals surface area contributed by atoms with Gasteiger partial charge >= 0.3 is 0 Å². The summed E-state index contributed by atoms with van der Waals surface area (Å²) >= 11 is 0. The minimum Gasteiger partial charge on any atom is -0.317 e. The Kier molecular flexibility index (Phi) is 7.61. The molecule has 0 aliphatic rings. The van der Waals surface area contributed by atoms with Crippen LogP contribution in [0.2, 0.25) is 0 Å². The van der Waals surface area contributed by atoms with E-state index in [0.717, 1.165) is 25.9 Å². The summed E-state index contributed by atoms with van der Waals surface area (Å²) in [5.41, 5.74) is 0. The largest absolute Gasteiger partial charge is 0.317 e. The Morgan fingerprint density at radius 3 is 2.74 bits per heavy atom. The molecule has 0 fully saturated rings. The van der Waals surface area contributed by atoms with E-state index in [1.54, 1.807) is 17.1 Å². The van der Waals surface area contributed by atoms with Crippen LogP contribution in [0.3, 0.4) is 0 Å². The van der Waals surface area contributed by atoms with E-state index in [0.29, 0.717) is 19.5 Å². The summed E-state index contributed by atoms with van der Waals surface area (Å²) in [6, 6.07) is 0. The molecule has 0 spiro atoms. The van der Waals surface area contributed by atoms with Gasteiger partial charge in [0.25, 0.3) is 0 Å². The predicted molar refractivity (Wildman–Crippen MR) is 74.2 cm³/mol. The number of unbranched alkanes of at least 4 members (excludes halogenated alkanes) is 1. The molecule has 0 aliphatic carbocycles. The zero-order valence-electron chi connectivity index (χ0n) is 11.4. The average Bonchev–Trinajstić information content (AvgIpc) is 2.86. The minimum absolute atomic E-state index is 0.179. The van der Waals surface area contributed by atoms with Gasteiger partial charge in [-0.2, -0.15) is 0 Å². The molecule has 2 N–H and O–H groups in total. The van der Waals surface area contributed by atoms with Crippen LogP contribution < -0.4 is 10.0 Å². The molecule has 0 atom stereocenters. The number of nitrogens with one attached hydrogen (secondary N) is 2. The fourth-order valence-electron chi connectivity index (χ4n) is 1.58. The first-order valence-electron chi connectivity index (χ1n) is 6.66. The number of rotatable bonds is 11. The van der Waals surface area contributed by atoms with Crippen LogP contribution in [0, 0.1) is 0 Å². The smallest absolute Gasteiger partial charge is 0.211 e. The highest BCUT2D eigenvalue weighted by Gasteiger charge is 2.08. The van der Waals surface area contributed by atoms with E-state index in [1.807, 2.05) is 0 Å². The highest BCUT2D eigenvalue weighted by Crippen LogP contribution is 1.94. The Balaban J connectivity index is 2.07. The van der Waals surface area contributed by atoms with Crippen molar-refractivity contribution in [2.75, 3.05) is 25.4 Å². The van der Waals surface area contributed by atoms with Gasteiger partial charge in [0, 0.05) is 12.7 Å². The van der Waals surface area contributed by atoms with E-state index in [9.17, 15) is 8.42 Å². The van der Waals surface area contributed by atoms with E-state index >= 15 is 0 Å². The molecule has 0 saturated carbocycles. The third kappa shape index (κ3) is 7.91. The molecule has 110 valence electrons. The van der Waals surface area contributed by atoms with Crippen LogP contribution in [-0.4, -0.2) is 48.8 Å². The molecule has 1 heterocycles. The lowest BCUT2D eigenvalue weighted by molar-refractivity contribution is 0.549. The van der Waals surface area contributed by atoms with Gasteiger partial charge in [0.15, 0.2) is 0 Å². The number of nitrogens with zero attached hydrogens (tertiary/aromatic N) is 3. The summed E-state index contributed by atoms with van der Waals surface area (Å²) in [6.45, 7) is 4.82. The summed E-state index contributed by atoms with van der Waals surface area (Å²) in [7, 11) is -3.17. The van der Waals surface area contributed by atoms with Crippen molar-refractivity contribution < 1.29 is 8.42 Å². The minimum atomic E-state index is -3.17. The van der Waals surface area contributed by atoms with Gasteiger partial charge in [-0.15, -0.1) is 5.10 Å². The van der Waals surface area contributed by atoms with E-state index in [-0.39, 0.29) is 5.75 Å². The van der Waals surface area contributed by atoms with Gasteiger partial charge in [-0.3, -0.25) is 4.68 Å². The van der Waals surface area contributed by atoms with Crippen molar-refractivity contribution in [3.63, 3.8) is 0 Å². The summed E-state index contributed by atoms with van der Waals surface area (Å²) in [5, 5.41) is 10.7. The third-order valence-electron chi connectivity index (χ3n) is 2.58. The van der Waals surface area contributed by atoms with Gasteiger partial charge in [-0.25, -0.2) is 13.1 Å². The monoisotopic (exact) mass is 289 g/mol. The number of sulfonamides is 1. The second-order valence-corrected chi connectivity index (χ2v) is 6.26. The van der Waals surface area contributed by atoms with Gasteiger partial charge < -0.3 is 5.32 Å². The summed E-state index contributed by atoms with van der Waals surface area (Å²) in [6.07, 6.45) is 5.92. The molecule has 0 aromatic carbocycles. The summed E-state index contributed by atoms with van der Waals surface area (Å²) in [4.78, 5) is 0. The zero-order valence-corrected chi connectivity index (χ0v) is 12.2. The Morgan fingerprint density at radius 2 is 2.05 bits per heavy atom. The van der Waals surface area contributed by atoms with Crippen LogP contribution in [-0.2, 0) is 16.6 Å². The summed E-state index contributed by atoms with van der Waals surface area (Å²) < 4.78 is 27.5. The topological polar surface area (TPSA) is 88.9 Å². The molecular weight excluding hydrogens is 266 g/mol. The number of hydrogen-bond acceptors (Lipinski definition) is 5. The van der Waals surface area contributed by atoms with Crippen molar-refractivity contribution >= 4 is 10.0 Å². The first kappa shape index (κ1) is 16.1. The van der Waals surface area contributed by atoms with Crippen molar-refractivity contribution in [1.82, 2.24) is 25.0 Å². The van der Waals surface area contributed by atoms with Gasteiger partial charge in [-0.05, 0) is 32.4 Å². The Morgan fingerprint density at radius 1 is 1.21 bits per heavy atom. The lowest BCUT2D eigenvalue weighted by Gasteiger charge is -2.07. The molecule has 7 nitrogen and oxygen atoms in total. The van der Waals surface area contributed by atoms with Crippen LogP contribution in [0.25, 0.3) is 0 Å². The highest BCUT2D eigenvalue weighted by molar-refractivity contribution is 7.89. The molecule has 0 unspecified atom stereocenters. The quantitative estimate of drug-likeness (QED) is 0.559. The van der Waals surface area contributed by atoms with Crippen LogP contribution in [0.4, 0.5) is 0 Å². The normalized spacial score (nSPS) is 11.8. The number of aromatic nitrogens is 3. The van der Waals surface area contributed by atoms with Crippen molar-refractivity contribution in [2.24, 2.45) is 0 Å². The average molecular weight is 289 g/mol. The van der Waals surface area contributed by atoms with Crippen molar-refractivity contribution in [3.05, 3.63) is 12.4 Å². The predicted octanol–water partition coefficient (Wildman–Crippen LogP) is -0.0227. The van der Waals surface area contributed by atoms with Gasteiger partial charge in [0.05, 0.1) is 18.5 Å². The third-order valence-corrected chi connectivity index (χ3v) is 4.05. The molecule has 0 bridgehead atoms. The first-order valence-corrected chi connectivity index (χ1v) is 8.31. The number of hydrogen-bond donors (Lipinski definition) is 2. The molecule has 1 aromatic heterocycles. The molecule has 0 saturated heterocycles. The maximum atomic E-state index is 11.7. The summed E-state index contributed by atoms with van der Waals surface area (Å²) in [5.74, 6) is 0.179. The van der Waals surface area contributed by atoms with Crippen LogP contribution in [0.1, 0.15) is 26.2 Å². The SMILES string of the molecule is CCCNCCCCS(=O)(=O)NCCn1ccnn1. The van der Waals surface area contributed by atoms with Crippen LogP contribution >= 0.6 is 0 Å². The second-order valence-electron chi connectivity index (χ2n) is 4.34. The van der Waals surface area contributed by atoms with Gasteiger partial charge in [0.1, 0.15) is 0 Å². The highest BCUT2D eigenvalue weighted by atomic mass is 32.2. The molecule has 8 heteroatoms. The lowest BCUT2D eigenvalue weighted by Crippen LogP contribution is -2.30. The Labute approximate surface area is 114 Å². The van der Waals surface area contributed by atoms with Gasteiger partial charge in [-0.1, -0.05) is 12.1 Å². The zero-order chi connectivity index (χ0) is 14.0. The lowest BCUT2D eigenvalue weighted by atomic mass is 10.3. The maximum absolute atomic E-state index is 11.7. The molecule has 1 rings (SSSR count). The fraction of sp³-hybridized carbons (Fsp3) is 0.818. The first-order chi connectivity index (χ1) is 9.14. The van der Waals surface area contributed by atoms with Crippen LogP contribution in [0.15, 0.2) is 12.4 Å². The van der Waals surface area contributed by atoms with Crippen molar-refractivity contribution in [1.29, 1.82) is 0 Å². The molecule has 19 heavy (non-hydrogen) atoms. The van der Waals surface area contributed by atoms with Crippen molar-refractivity contribution in [2.45, 2.75) is 32.7 Å². The van der Waals surface area contributed by atoms with E-state index < -0.39 is 10.0 Å². The molecular formula is C11H23N5O2S. The van der Waals surface area contributed by atoms with Gasteiger partial charge in [0.2, 0.25) is 10.0 Å². The maximum Gasteiger partial charge on any atom is 0.211 e. The van der Waals surface area contributed by atoms with E-state index in [1.165, 1.54) is 0 Å². The second kappa shape index (κ2) is 9.00. The molecule has 1 aromatic rings. The Hall–Kier alpha value is -0.990. The molecule has 0 radical (unpaired) electrons. The fourth-order valence-corrected chi connectivity index (χ4v) is 2.71. The van der Waals surface area contributed by atoms with Crippen LogP contribution in [0.5, 0.6) is 0 Å². The van der Waals surface area contributed by atoms with E-state index in [4.69, 9.17) is 0 Å². The Bertz CT molecular complexity index is 418. The molecule has 0 amide bonds.